The Morgan fingerprint density at radius 3 is 2.21 bits per heavy atom. The van der Waals surface area contributed by atoms with Crippen molar-refractivity contribution in [1.29, 1.82) is 0 Å². The number of aliphatic hydroxyl groups is 1. The zero-order valence-electron chi connectivity index (χ0n) is 10.7. The highest BCUT2D eigenvalue weighted by Gasteiger charge is 2.24. The van der Waals surface area contributed by atoms with Crippen LogP contribution in [0.1, 0.15) is 0 Å². The summed E-state index contributed by atoms with van der Waals surface area (Å²) in [5.41, 5.74) is 2.40. The van der Waals surface area contributed by atoms with Crippen LogP contribution in [-0.4, -0.2) is 35.9 Å². The van der Waals surface area contributed by atoms with Gasteiger partial charge in [0.15, 0.2) is 0 Å². The number of likely N-dealkylation sites (tertiary alicyclic amines) is 1. The van der Waals surface area contributed by atoms with Crippen LogP contribution < -0.4 is 4.74 Å². The largest absolute Gasteiger partial charge is 0.478 e. The van der Waals surface area contributed by atoms with Gasteiger partial charge in [-0.25, -0.2) is 0 Å². The monoisotopic (exact) mass is 255 g/mol. The van der Waals surface area contributed by atoms with Crippen molar-refractivity contribution in [2.45, 2.75) is 6.10 Å². The lowest BCUT2D eigenvalue weighted by molar-refractivity contribution is -0.0363. The van der Waals surface area contributed by atoms with Gasteiger partial charge >= 0.3 is 0 Å². The fourth-order valence-electron chi connectivity index (χ4n) is 2.19. The average Bonchev–Trinajstić information content (AvgIpc) is 2.44. The molecule has 0 amide bonds. The van der Waals surface area contributed by atoms with Crippen molar-refractivity contribution in [3.63, 3.8) is 0 Å². The van der Waals surface area contributed by atoms with Crippen LogP contribution in [0.25, 0.3) is 11.1 Å². The summed E-state index contributed by atoms with van der Waals surface area (Å²) in [6.07, 6.45) is -0.177. The molecule has 2 aromatic rings. The summed E-state index contributed by atoms with van der Waals surface area (Å²) in [6.45, 7) is 1.96. The Hall–Kier alpha value is -1.84. The molecule has 3 heteroatoms. The highest BCUT2D eigenvalue weighted by molar-refractivity contribution is 5.63. The third-order valence-corrected chi connectivity index (χ3v) is 3.31. The van der Waals surface area contributed by atoms with Crippen LogP contribution in [0, 0.1) is 0 Å². The quantitative estimate of drug-likeness (QED) is 0.910. The van der Waals surface area contributed by atoms with Gasteiger partial charge in [0.1, 0.15) is 12.5 Å². The van der Waals surface area contributed by atoms with Gasteiger partial charge in [0, 0.05) is 13.1 Å². The number of hydrogen-bond acceptors (Lipinski definition) is 3. The molecule has 0 bridgehead atoms. The molecule has 98 valence electrons. The number of aliphatic hydroxyl groups excluding tert-OH is 1. The van der Waals surface area contributed by atoms with Gasteiger partial charge in [-0.3, -0.25) is 4.90 Å². The molecule has 1 saturated heterocycles. The molecule has 1 N–H and O–H groups in total. The van der Waals surface area contributed by atoms with Crippen LogP contribution >= 0.6 is 0 Å². The summed E-state index contributed by atoms with van der Waals surface area (Å²) in [7, 11) is 0. The minimum Gasteiger partial charge on any atom is -0.478 e. The van der Waals surface area contributed by atoms with E-state index < -0.39 is 0 Å². The Morgan fingerprint density at radius 2 is 1.58 bits per heavy atom. The second-order valence-electron chi connectivity index (χ2n) is 4.85. The standard InChI is InChI=1S/C16H17NO2/c18-15-10-17(11-15)12-19-16-8-6-14(7-9-16)13-4-2-1-3-5-13/h1-9,15,18H,10-12H2. The molecule has 0 radical (unpaired) electrons. The van der Waals surface area contributed by atoms with Crippen LogP contribution in [0.5, 0.6) is 5.75 Å². The second-order valence-corrected chi connectivity index (χ2v) is 4.85. The van der Waals surface area contributed by atoms with E-state index in [-0.39, 0.29) is 6.10 Å². The molecule has 0 unspecified atom stereocenters. The molecule has 0 saturated carbocycles. The Bertz CT molecular complexity index is 518. The first-order valence-corrected chi connectivity index (χ1v) is 6.50. The van der Waals surface area contributed by atoms with Crippen LogP contribution in [0.15, 0.2) is 54.6 Å². The number of ether oxygens (including phenoxy) is 1. The molecule has 0 aromatic heterocycles. The summed E-state index contributed by atoms with van der Waals surface area (Å²) >= 11 is 0. The lowest BCUT2D eigenvalue weighted by atomic mass is 10.1. The van der Waals surface area contributed by atoms with E-state index in [1.54, 1.807) is 0 Å². The van der Waals surface area contributed by atoms with Crippen LogP contribution in [0.2, 0.25) is 0 Å². The molecule has 1 aliphatic rings. The van der Waals surface area contributed by atoms with E-state index in [2.05, 4.69) is 29.2 Å². The van der Waals surface area contributed by atoms with E-state index in [1.807, 2.05) is 30.3 Å². The summed E-state index contributed by atoms with van der Waals surface area (Å²) in [5, 5.41) is 9.18. The molecule has 0 atom stereocenters. The Kier molecular flexibility index (Phi) is 3.49. The number of β-amino-alcohol motifs (C(OH)–C–C–N with tert-alkyl or cyclic N) is 1. The van der Waals surface area contributed by atoms with E-state index in [1.165, 1.54) is 11.1 Å². The predicted molar refractivity (Wildman–Crippen MR) is 75.0 cm³/mol. The second kappa shape index (κ2) is 5.43. The molecule has 19 heavy (non-hydrogen) atoms. The first kappa shape index (κ1) is 12.2. The molecule has 3 nitrogen and oxygen atoms in total. The third kappa shape index (κ3) is 2.95. The molecular formula is C16H17NO2. The van der Waals surface area contributed by atoms with Gasteiger partial charge in [-0.05, 0) is 23.3 Å². The normalized spacial score (nSPS) is 16.1. The van der Waals surface area contributed by atoms with E-state index in [4.69, 9.17) is 4.74 Å². The maximum absolute atomic E-state index is 9.18. The van der Waals surface area contributed by atoms with Gasteiger partial charge in [0.2, 0.25) is 0 Å². The maximum Gasteiger partial charge on any atom is 0.142 e. The van der Waals surface area contributed by atoms with E-state index in [0.29, 0.717) is 19.8 Å². The van der Waals surface area contributed by atoms with Crippen molar-refractivity contribution in [2.24, 2.45) is 0 Å². The zero-order valence-corrected chi connectivity index (χ0v) is 10.7. The van der Waals surface area contributed by atoms with Crippen molar-refractivity contribution in [1.82, 2.24) is 4.90 Å². The Balaban J connectivity index is 1.60. The molecule has 1 fully saturated rings. The fraction of sp³-hybridized carbons (Fsp3) is 0.250. The molecule has 3 rings (SSSR count). The summed E-state index contributed by atoms with van der Waals surface area (Å²) in [4.78, 5) is 2.07. The number of nitrogens with zero attached hydrogens (tertiary/aromatic N) is 1. The van der Waals surface area contributed by atoms with Gasteiger partial charge in [0.05, 0.1) is 6.10 Å². The number of rotatable bonds is 4. The van der Waals surface area contributed by atoms with Crippen molar-refractivity contribution in [2.75, 3.05) is 19.8 Å². The van der Waals surface area contributed by atoms with Crippen molar-refractivity contribution in [3.8, 4) is 16.9 Å². The van der Waals surface area contributed by atoms with Crippen LogP contribution in [0.4, 0.5) is 0 Å². The highest BCUT2D eigenvalue weighted by atomic mass is 16.5. The van der Waals surface area contributed by atoms with E-state index >= 15 is 0 Å². The van der Waals surface area contributed by atoms with Crippen molar-refractivity contribution in [3.05, 3.63) is 54.6 Å². The van der Waals surface area contributed by atoms with Gasteiger partial charge in [0.25, 0.3) is 0 Å². The Morgan fingerprint density at radius 1 is 0.947 bits per heavy atom. The maximum atomic E-state index is 9.18. The minimum atomic E-state index is -0.177. The average molecular weight is 255 g/mol. The first-order chi connectivity index (χ1) is 9.31. The molecule has 2 aromatic carbocycles. The van der Waals surface area contributed by atoms with Crippen molar-refractivity contribution >= 4 is 0 Å². The lowest BCUT2D eigenvalue weighted by Crippen LogP contribution is -2.51. The predicted octanol–water partition coefficient (Wildman–Crippen LogP) is 2.37. The van der Waals surface area contributed by atoms with Gasteiger partial charge < -0.3 is 9.84 Å². The highest BCUT2D eigenvalue weighted by Crippen LogP contribution is 2.22. The molecule has 1 heterocycles. The van der Waals surface area contributed by atoms with Crippen molar-refractivity contribution < 1.29 is 9.84 Å². The number of hydrogen-bond donors (Lipinski definition) is 1. The summed E-state index contributed by atoms with van der Waals surface area (Å²) < 4.78 is 5.66. The van der Waals surface area contributed by atoms with E-state index in [0.717, 1.165) is 5.75 Å². The topological polar surface area (TPSA) is 32.7 Å². The molecule has 1 aliphatic heterocycles. The molecular weight excluding hydrogens is 238 g/mol. The summed E-state index contributed by atoms with van der Waals surface area (Å²) in [6, 6.07) is 18.4. The van der Waals surface area contributed by atoms with E-state index in [9.17, 15) is 5.11 Å². The van der Waals surface area contributed by atoms with Gasteiger partial charge in [-0.2, -0.15) is 0 Å². The smallest absolute Gasteiger partial charge is 0.142 e. The Labute approximate surface area is 113 Å². The fourth-order valence-corrected chi connectivity index (χ4v) is 2.19. The zero-order chi connectivity index (χ0) is 13.1. The molecule has 0 spiro atoms. The minimum absolute atomic E-state index is 0.177. The third-order valence-electron chi connectivity index (χ3n) is 3.31. The van der Waals surface area contributed by atoms with Gasteiger partial charge in [-0.15, -0.1) is 0 Å². The van der Waals surface area contributed by atoms with Crippen LogP contribution in [0.3, 0.4) is 0 Å². The van der Waals surface area contributed by atoms with Crippen LogP contribution in [-0.2, 0) is 0 Å². The first-order valence-electron chi connectivity index (χ1n) is 6.50. The number of benzene rings is 2. The summed E-state index contributed by atoms with van der Waals surface area (Å²) in [5.74, 6) is 0.862. The SMILES string of the molecule is OC1CN(COc2ccc(-c3ccccc3)cc2)C1. The van der Waals surface area contributed by atoms with Gasteiger partial charge in [-0.1, -0.05) is 42.5 Å². The molecule has 0 aliphatic carbocycles. The lowest BCUT2D eigenvalue weighted by Gasteiger charge is -2.35.